The van der Waals surface area contributed by atoms with Crippen molar-refractivity contribution < 1.29 is 14.6 Å². The fraction of sp³-hybridized carbons (Fsp3) is 0.238. The molecule has 0 aliphatic carbocycles. The molecule has 0 saturated heterocycles. The minimum atomic E-state index is -0.394. The summed E-state index contributed by atoms with van der Waals surface area (Å²) >= 11 is 0. The van der Waals surface area contributed by atoms with E-state index in [1.54, 1.807) is 31.4 Å². The molecular weight excluding hydrogens is 358 g/mol. The zero-order chi connectivity index (χ0) is 19.9. The zero-order valence-corrected chi connectivity index (χ0v) is 15.9. The molecule has 0 aliphatic heterocycles. The second kappa shape index (κ2) is 8.94. The van der Waals surface area contributed by atoms with Gasteiger partial charge in [-0.2, -0.15) is 4.98 Å². The lowest BCUT2D eigenvalue weighted by atomic mass is 10.1. The summed E-state index contributed by atoms with van der Waals surface area (Å²) in [6.07, 6.45) is 1.21. The molecular formula is C21H23N3O4. The van der Waals surface area contributed by atoms with Crippen LogP contribution in [0.15, 0.2) is 53.3 Å². The lowest BCUT2D eigenvalue weighted by Gasteiger charge is -2.09. The Balaban J connectivity index is 1.73. The standard InChI is InChI=1S/C21H23N3O4/c1-3-12-28-17-8-4-14(5-9-17)13-18-19(25)23-21(24-20(18)26)22-15-6-10-16(27-2)11-7-15/h4-11H,3,12-13H2,1-2H3,(H3,22,23,24,25,26). The topological polar surface area (TPSA) is 96.5 Å². The van der Waals surface area contributed by atoms with Crippen LogP contribution in [-0.4, -0.2) is 28.8 Å². The first-order valence-corrected chi connectivity index (χ1v) is 9.04. The molecule has 2 aromatic carbocycles. The van der Waals surface area contributed by atoms with Gasteiger partial charge in [0.1, 0.15) is 11.5 Å². The highest BCUT2D eigenvalue weighted by Crippen LogP contribution is 2.21. The third-order valence-electron chi connectivity index (χ3n) is 4.12. The van der Waals surface area contributed by atoms with Crippen molar-refractivity contribution in [1.29, 1.82) is 0 Å². The third-order valence-corrected chi connectivity index (χ3v) is 4.12. The summed E-state index contributed by atoms with van der Waals surface area (Å²) in [6, 6.07) is 14.6. The van der Waals surface area contributed by atoms with Gasteiger partial charge in [0.15, 0.2) is 0 Å². The number of anilines is 2. The Kier molecular flexibility index (Phi) is 6.16. The maximum Gasteiger partial charge on any atom is 0.259 e. The van der Waals surface area contributed by atoms with Gasteiger partial charge in [-0.15, -0.1) is 0 Å². The highest BCUT2D eigenvalue weighted by Gasteiger charge is 2.12. The minimum absolute atomic E-state index is 0.166. The van der Waals surface area contributed by atoms with Crippen molar-refractivity contribution in [2.75, 3.05) is 19.0 Å². The number of nitrogens with zero attached hydrogens (tertiary/aromatic N) is 1. The summed E-state index contributed by atoms with van der Waals surface area (Å²) in [6.45, 7) is 2.70. The Bertz CT molecular complexity index is 966. The quantitative estimate of drug-likeness (QED) is 0.552. The Morgan fingerprint density at radius 1 is 1.07 bits per heavy atom. The number of methoxy groups -OCH3 is 1. The Morgan fingerprint density at radius 3 is 2.36 bits per heavy atom. The number of hydrogen-bond acceptors (Lipinski definition) is 6. The summed E-state index contributed by atoms with van der Waals surface area (Å²) in [5, 5.41) is 13.2. The molecule has 3 N–H and O–H groups in total. The van der Waals surface area contributed by atoms with Crippen molar-refractivity contribution in [3.05, 3.63) is 70.0 Å². The summed E-state index contributed by atoms with van der Waals surface area (Å²) in [4.78, 5) is 19.1. The molecule has 7 nitrogen and oxygen atoms in total. The van der Waals surface area contributed by atoms with Gasteiger partial charge >= 0.3 is 0 Å². The maximum absolute atomic E-state index is 12.4. The number of hydrogen-bond donors (Lipinski definition) is 3. The van der Waals surface area contributed by atoms with Gasteiger partial charge in [0.2, 0.25) is 11.8 Å². The molecule has 1 heterocycles. The smallest absolute Gasteiger partial charge is 0.259 e. The molecule has 0 bridgehead atoms. The second-order valence-corrected chi connectivity index (χ2v) is 6.24. The number of nitrogens with one attached hydrogen (secondary N) is 2. The van der Waals surface area contributed by atoms with Gasteiger partial charge in [0.05, 0.1) is 19.3 Å². The molecule has 1 aromatic heterocycles. The van der Waals surface area contributed by atoms with Crippen molar-refractivity contribution in [2.45, 2.75) is 19.8 Å². The predicted molar refractivity (Wildman–Crippen MR) is 108 cm³/mol. The molecule has 146 valence electrons. The number of aromatic amines is 1. The van der Waals surface area contributed by atoms with E-state index in [0.717, 1.165) is 23.5 Å². The van der Waals surface area contributed by atoms with Crippen LogP contribution in [-0.2, 0) is 6.42 Å². The monoisotopic (exact) mass is 381 g/mol. The van der Waals surface area contributed by atoms with Crippen molar-refractivity contribution >= 4 is 11.6 Å². The van der Waals surface area contributed by atoms with Crippen LogP contribution in [0, 0.1) is 0 Å². The number of aromatic nitrogens is 2. The molecule has 0 radical (unpaired) electrons. The zero-order valence-electron chi connectivity index (χ0n) is 15.9. The minimum Gasteiger partial charge on any atom is -0.497 e. The third kappa shape index (κ3) is 4.82. The summed E-state index contributed by atoms with van der Waals surface area (Å²) in [5.41, 5.74) is 1.40. The lowest BCUT2D eigenvalue weighted by Crippen LogP contribution is -2.16. The molecule has 0 unspecified atom stereocenters. The van der Waals surface area contributed by atoms with Crippen molar-refractivity contribution in [3.63, 3.8) is 0 Å². The van der Waals surface area contributed by atoms with Crippen LogP contribution in [0.3, 0.4) is 0 Å². The van der Waals surface area contributed by atoms with E-state index in [0.29, 0.717) is 12.3 Å². The van der Waals surface area contributed by atoms with Crippen molar-refractivity contribution in [3.8, 4) is 17.4 Å². The summed E-state index contributed by atoms with van der Waals surface area (Å²) in [5.74, 6) is 1.36. The highest BCUT2D eigenvalue weighted by atomic mass is 16.5. The number of benzene rings is 2. The maximum atomic E-state index is 12.4. The van der Waals surface area contributed by atoms with Crippen molar-refractivity contribution in [1.82, 2.24) is 9.97 Å². The van der Waals surface area contributed by atoms with Crippen LogP contribution in [0.4, 0.5) is 11.6 Å². The second-order valence-electron chi connectivity index (χ2n) is 6.24. The average molecular weight is 381 g/mol. The van der Waals surface area contributed by atoms with E-state index in [1.807, 2.05) is 31.2 Å². The van der Waals surface area contributed by atoms with Crippen LogP contribution in [0.1, 0.15) is 24.5 Å². The Morgan fingerprint density at radius 2 is 1.75 bits per heavy atom. The van der Waals surface area contributed by atoms with Gasteiger partial charge < -0.3 is 19.9 Å². The van der Waals surface area contributed by atoms with Crippen LogP contribution in [0.25, 0.3) is 0 Å². The molecule has 28 heavy (non-hydrogen) atoms. The molecule has 3 aromatic rings. The van der Waals surface area contributed by atoms with E-state index in [9.17, 15) is 9.90 Å². The van der Waals surface area contributed by atoms with Gasteiger partial charge in [0.25, 0.3) is 5.56 Å². The molecule has 0 amide bonds. The van der Waals surface area contributed by atoms with E-state index in [4.69, 9.17) is 9.47 Å². The van der Waals surface area contributed by atoms with Crippen LogP contribution >= 0.6 is 0 Å². The number of aromatic hydroxyl groups is 1. The SMILES string of the molecule is CCCOc1ccc(Cc2c(O)nc(Nc3ccc(OC)cc3)[nH]c2=O)cc1. The molecule has 0 spiro atoms. The predicted octanol–water partition coefficient (Wildman–Crippen LogP) is 3.61. The number of ether oxygens (including phenoxy) is 2. The molecule has 0 saturated carbocycles. The normalized spacial score (nSPS) is 10.5. The van der Waals surface area contributed by atoms with Crippen LogP contribution in [0.2, 0.25) is 0 Å². The Labute approximate surface area is 163 Å². The first-order chi connectivity index (χ1) is 13.6. The van der Waals surface area contributed by atoms with E-state index in [1.165, 1.54) is 0 Å². The van der Waals surface area contributed by atoms with E-state index < -0.39 is 5.56 Å². The molecule has 7 heteroatoms. The van der Waals surface area contributed by atoms with E-state index in [-0.39, 0.29) is 23.8 Å². The lowest BCUT2D eigenvalue weighted by molar-refractivity contribution is 0.317. The fourth-order valence-electron chi connectivity index (χ4n) is 2.64. The van der Waals surface area contributed by atoms with Crippen molar-refractivity contribution in [2.24, 2.45) is 0 Å². The average Bonchev–Trinajstić information content (AvgIpc) is 2.70. The molecule has 0 fully saturated rings. The number of H-pyrrole nitrogens is 1. The van der Waals surface area contributed by atoms with Gasteiger partial charge in [-0.1, -0.05) is 19.1 Å². The molecule has 3 rings (SSSR count). The summed E-state index contributed by atoms with van der Waals surface area (Å²) < 4.78 is 10.7. The molecule has 0 aliphatic rings. The Hall–Kier alpha value is -3.48. The first-order valence-electron chi connectivity index (χ1n) is 9.04. The van der Waals surface area contributed by atoms with Gasteiger partial charge in [-0.25, -0.2) is 0 Å². The highest BCUT2D eigenvalue weighted by molar-refractivity contribution is 5.55. The van der Waals surface area contributed by atoms with Gasteiger partial charge in [-0.05, 0) is 48.4 Å². The van der Waals surface area contributed by atoms with E-state index >= 15 is 0 Å². The van der Waals surface area contributed by atoms with Gasteiger partial charge in [-0.3, -0.25) is 9.78 Å². The van der Waals surface area contributed by atoms with Gasteiger partial charge in [0, 0.05) is 12.1 Å². The van der Waals surface area contributed by atoms with E-state index in [2.05, 4.69) is 15.3 Å². The van der Waals surface area contributed by atoms with Crippen LogP contribution < -0.4 is 20.3 Å². The van der Waals surface area contributed by atoms with Crippen LogP contribution in [0.5, 0.6) is 17.4 Å². The first kappa shape index (κ1) is 19.3. The summed E-state index contributed by atoms with van der Waals surface area (Å²) in [7, 11) is 1.59. The number of rotatable bonds is 8. The largest absolute Gasteiger partial charge is 0.497 e. The fourth-order valence-corrected chi connectivity index (χ4v) is 2.64. The molecule has 0 atom stereocenters.